The van der Waals surface area contributed by atoms with Gasteiger partial charge < -0.3 is 0 Å². The van der Waals surface area contributed by atoms with Crippen molar-refractivity contribution >= 4 is 0 Å². The molecule has 1 unspecified atom stereocenters. The largest absolute Gasteiger partial charge is 0.0995 e. The van der Waals surface area contributed by atoms with Gasteiger partial charge in [0.25, 0.3) is 0 Å². The normalized spacial score (nSPS) is 23.9. The van der Waals surface area contributed by atoms with Crippen molar-refractivity contribution in [1.82, 2.24) is 0 Å². The summed E-state index contributed by atoms with van der Waals surface area (Å²) in [5.74, 6) is 0.830. The lowest BCUT2D eigenvalue weighted by Crippen LogP contribution is -1.86. The van der Waals surface area contributed by atoms with Gasteiger partial charge in [-0.1, -0.05) is 36.6 Å². The smallest absolute Gasteiger partial charge is 0.0131 e. The van der Waals surface area contributed by atoms with E-state index in [-0.39, 0.29) is 0 Å². The first-order valence-corrected chi connectivity index (χ1v) is 4.98. The fourth-order valence-corrected chi connectivity index (χ4v) is 1.61. The molecule has 0 amide bonds. The van der Waals surface area contributed by atoms with Crippen LogP contribution >= 0.6 is 0 Å². The molecule has 1 fully saturated rings. The van der Waals surface area contributed by atoms with E-state index < -0.39 is 0 Å². The van der Waals surface area contributed by atoms with E-state index in [2.05, 4.69) is 27.4 Å². The molecule has 1 atom stereocenters. The molecule has 1 aliphatic carbocycles. The summed E-state index contributed by atoms with van der Waals surface area (Å²) in [6.07, 6.45) is 5.08. The fraction of sp³-hybridized carbons (Fsp3) is 0.667. The van der Waals surface area contributed by atoms with Crippen LogP contribution in [-0.4, -0.2) is 0 Å². The lowest BCUT2D eigenvalue weighted by Gasteiger charge is -2.05. The van der Waals surface area contributed by atoms with Gasteiger partial charge in [-0.15, -0.1) is 0 Å². The minimum absolute atomic E-state index is 0.830. The van der Waals surface area contributed by atoms with Gasteiger partial charge in [0, 0.05) is 0 Å². The summed E-state index contributed by atoms with van der Waals surface area (Å²) < 4.78 is 0. The van der Waals surface area contributed by atoms with Gasteiger partial charge in [0.1, 0.15) is 0 Å². The molecule has 1 rings (SSSR count). The van der Waals surface area contributed by atoms with Gasteiger partial charge in [0.2, 0.25) is 0 Å². The van der Waals surface area contributed by atoms with Gasteiger partial charge in [-0.05, 0) is 39.0 Å². The minimum Gasteiger partial charge on any atom is -0.0995 e. The van der Waals surface area contributed by atoms with Crippen LogP contribution in [0.5, 0.6) is 0 Å². The molecule has 0 aromatic carbocycles. The molecule has 0 aliphatic heterocycles. The predicted octanol–water partition coefficient (Wildman–Crippen LogP) is 4.09. The van der Waals surface area contributed by atoms with Gasteiger partial charge in [-0.3, -0.25) is 0 Å². The second-order valence-electron chi connectivity index (χ2n) is 4.07. The molecule has 0 nitrogen and oxygen atoms in total. The Morgan fingerprint density at radius 2 is 2.00 bits per heavy atom. The second kappa shape index (κ2) is 3.93. The molecule has 1 aliphatic rings. The first-order chi connectivity index (χ1) is 5.65. The summed E-state index contributed by atoms with van der Waals surface area (Å²) in [5.41, 5.74) is 4.65. The second-order valence-corrected chi connectivity index (χ2v) is 4.07. The zero-order valence-corrected chi connectivity index (χ0v) is 8.61. The summed E-state index contributed by atoms with van der Waals surface area (Å²) in [6, 6.07) is 0. The highest BCUT2D eigenvalue weighted by Crippen LogP contribution is 2.41. The molecule has 0 aromatic heterocycles. The Hall–Kier alpha value is -0.520. The van der Waals surface area contributed by atoms with Crippen molar-refractivity contribution in [3.63, 3.8) is 0 Å². The first kappa shape index (κ1) is 9.57. The number of hydrogen-bond donors (Lipinski definition) is 0. The van der Waals surface area contributed by atoms with Crippen LogP contribution in [0.3, 0.4) is 0 Å². The highest BCUT2D eigenvalue weighted by atomic mass is 14.3. The Balaban J connectivity index is 2.39. The topological polar surface area (TPSA) is 0 Å². The van der Waals surface area contributed by atoms with Crippen LogP contribution in [0.4, 0.5) is 0 Å². The van der Waals surface area contributed by atoms with Gasteiger partial charge in [0.15, 0.2) is 0 Å². The van der Waals surface area contributed by atoms with Gasteiger partial charge in [0.05, 0.1) is 0 Å². The maximum absolute atomic E-state index is 3.98. The molecule has 0 saturated heterocycles. The van der Waals surface area contributed by atoms with E-state index in [9.17, 15) is 0 Å². The summed E-state index contributed by atoms with van der Waals surface area (Å²) >= 11 is 0. The first-order valence-electron chi connectivity index (χ1n) is 4.98. The van der Waals surface area contributed by atoms with E-state index in [0.717, 1.165) is 5.92 Å². The minimum atomic E-state index is 0.830. The standard InChI is InChI=1S/C12H20/c1-5-6-9(2)10(3)7-12-8-11(12)4/h12H,4-8H2,1-3H3. The van der Waals surface area contributed by atoms with Crippen LogP contribution in [0.1, 0.15) is 46.5 Å². The maximum atomic E-state index is 3.98. The Bertz CT molecular complexity index is 208. The highest BCUT2D eigenvalue weighted by Gasteiger charge is 2.27. The van der Waals surface area contributed by atoms with E-state index in [4.69, 9.17) is 0 Å². The van der Waals surface area contributed by atoms with Crippen molar-refractivity contribution < 1.29 is 0 Å². The lowest BCUT2D eigenvalue weighted by molar-refractivity contribution is 0.805. The van der Waals surface area contributed by atoms with Gasteiger partial charge in [-0.25, -0.2) is 0 Å². The Morgan fingerprint density at radius 3 is 2.42 bits per heavy atom. The van der Waals surface area contributed by atoms with E-state index in [1.54, 1.807) is 11.1 Å². The van der Waals surface area contributed by atoms with E-state index >= 15 is 0 Å². The van der Waals surface area contributed by atoms with Crippen LogP contribution < -0.4 is 0 Å². The molecular formula is C12H20. The molecule has 0 heteroatoms. The highest BCUT2D eigenvalue weighted by molar-refractivity contribution is 5.24. The SMILES string of the molecule is C=C1CC1CC(C)=C(C)CCC. The average Bonchev–Trinajstić information content (AvgIpc) is 2.67. The van der Waals surface area contributed by atoms with Crippen LogP contribution in [0.15, 0.2) is 23.3 Å². The van der Waals surface area contributed by atoms with Crippen molar-refractivity contribution in [2.24, 2.45) is 5.92 Å². The fourth-order valence-electron chi connectivity index (χ4n) is 1.61. The molecule has 12 heavy (non-hydrogen) atoms. The third-order valence-electron chi connectivity index (χ3n) is 2.83. The average molecular weight is 164 g/mol. The Labute approximate surface area is 76.4 Å². The summed E-state index contributed by atoms with van der Waals surface area (Å²) in [6.45, 7) is 10.8. The van der Waals surface area contributed by atoms with E-state index in [1.165, 1.54) is 31.3 Å². The van der Waals surface area contributed by atoms with E-state index in [1.807, 2.05) is 0 Å². The zero-order valence-electron chi connectivity index (χ0n) is 8.61. The number of rotatable bonds is 4. The van der Waals surface area contributed by atoms with Crippen LogP contribution in [0, 0.1) is 5.92 Å². The van der Waals surface area contributed by atoms with Gasteiger partial charge in [-0.2, -0.15) is 0 Å². The van der Waals surface area contributed by atoms with Crippen LogP contribution in [-0.2, 0) is 0 Å². The van der Waals surface area contributed by atoms with E-state index in [0.29, 0.717) is 0 Å². The molecule has 0 N–H and O–H groups in total. The molecule has 0 aromatic rings. The molecule has 0 bridgehead atoms. The van der Waals surface area contributed by atoms with Crippen molar-refractivity contribution in [2.45, 2.75) is 46.5 Å². The quantitative estimate of drug-likeness (QED) is 0.549. The molecule has 0 heterocycles. The number of allylic oxidation sites excluding steroid dienone is 3. The zero-order chi connectivity index (χ0) is 9.14. The molecule has 1 saturated carbocycles. The monoisotopic (exact) mass is 164 g/mol. The van der Waals surface area contributed by atoms with Crippen LogP contribution in [0.25, 0.3) is 0 Å². The molecule has 68 valence electrons. The Morgan fingerprint density at radius 1 is 1.42 bits per heavy atom. The van der Waals surface area contributed by atoms with Crippen LogP contribution in [0.2, 0.25) is 0 Å². The van der Waals surface area contributed by atoms with Crippen molar-refractivity contribution in [1.29, 1.82) is 0 Å². The van der Waals surface area contributed by atoms with Crippen molar-refractivity contribution in [3.8, 4) is 0 Å². The summed E-state index contributed by atoms with van der Waals surface area (Å²) in [7, 11) is 0. The Kier molecular flexibility index (Phi) is 3.13. The maximum Gasteiger partial charge on any atom is -0.0131 e. The third-order valence-corrected chi connectivity index (χ3v) is 2.83. The summed E-state index contributed by atoms with van der Waals surface area (Å²) in [4.78, 5) is 0. The van der Waals surface area contributed by atoms with Crippen molar-refractivity contribution in [3.05, 3.63) is 23.3 Å². The third kappa shape index (κ3) is 2.51. The molecule has 0 spiro atoms. The number of hydrogen-bond acceptors (Lipinski definition) is 0. The van der Waals surface area contributed by atoms with Gasteiger partial charge >= 0.3 is 0 Å². The molecular weight excluding hydrogens is 144 g/mol. The lowest BCUT2D eigenvalue weighted by atomic mass is 10.0. The van der Waals surface area contributed by atoms with Crippen molar-refractivity contribution in [2.75, 3.05) is 0 Å². The molecule has 0 radical (unpaired) electrons. The summed E-state index contributed by atoms with van der Waals surface area (Å²) in [5, 5.41) is 0. The predicted molar refractivity (Wildman–Crippen MR) is 55.1 cm³/mol.